The number of imidazole rings is 1. The van der Waals surface area contributed by atoms with Gasteiger partial charge in [-0.3, -0.25) is 9.69 Å². The van der Waals surface area contributed by atoms with Crippen molar-refractivity contribution in [1.82, 2.24) is 19.8 Å². The maximum atomic E-state index is 12.4. The van der Waals surface area contributed by atoms with E-state index >= 15 is 0 Å². The Labute approximate surface area is 151 Å². The van der Waals surface area contributed by atoms with Crippen LogP contribution < -0.4 is 5.32 Å². The Morgan fingerprint density at radius 2 is 2.12 bits per heavy atom. The lowest BCUT2D eigenvalue weighted by atomic mass is 10.2. The second-order valence-corrected chi connectivity index (χ2v) is 7.49. The second-order valence-electron chi connectivity index (χ2n) is 6.64. The van der Waals surface area contributed by atoms with E-state index in [-0.39, 0.29) is 5.91 Å². The number of carbonyl (C=O) groups excluding carboxylic acids is 1. The van der Waals surface area contributed by atoms with Crippen molar-refractivity contribution in [3.05, 3.63) is 52.0 Å². The fourth-order valence-electron chi connectivity index (χ4n) is 2.99. The molecule has 0 atom stereocenters. The Kier molecular flexibility index (Phi) is 5.36. The molecule has 5 nitrogen and oxygen atoms in total. The van der Waals surface area contributed by atoms with E-state index in [1.807, 2.05) is 30.5 Å². The summed E-state index contributed by atoms with van der Waals surface area (Å²) in [6.45, 7) is 8.73. The number of fused-ring (bicyclic) bond motifs is 1. The van der Waals surface area contributed by atoms with Gasteiger partial charge in [0.25, 0.3) is 5.91 Å². The van der Waals surface area contributed by atoms with Gasteiger partial charge in [-0.05, 0) is 17.5 Å². The topological polar surface area (TPSA) is 50.2 Å². The van der Waals surface area contributed by atoms with Crippen molar-refractivity contribution < 1.29 is 4.79 Å². The monoisotopic (exact) mass is 390 g/mol. The van der Waals surface area contributed by atoms with E-state index in [1.54, 1.807) is 0 Å². The Morgan fingerprint density at radius 3 is 2.88 bits per heavy atom. The van der Waals surface area contributed by atoms with Crippen LogP contribution in [0.1, 0.15) is 35.7 Å². The average Bonchev–Trinajstić information content (AvgIpc) is 2.96. The van der Waals surface area contributed by atoms with Gasteiger partial charge in [-0.15, -0.1) is 0 Å². The number of nitrogens with zero attached hydrogens (tertiary/aromatic N) is 3. The molecule has 2 heterocycles. The summed E-state index contributed by atoms with van der Waals surface area (Å²) in [5, 5.41) is 2.95. The zero-order valence-electron chi connectivity index (χ0n) is 14.1. The molecule has 0 unspecified atom stereocenters. The summed E-state index contributed by atoms with van der Waals surface area (Å²) in [5.74, 6) is 1.50. The molecule has 0 radical (unpaired) electrons. The Hall–Kier alpha value is -1.66. The lowest BCUT2D eigenvalue weighted by Crippen LogP contribution is -2.35. The van der Waals surface area contributed by atoms with Crippen molar-refractivity contribution in [2.24, 2.45) is 5.92 Å². The van der Waals surface area contributed by atoms with Crippen LogP contribution in [-0.2, 0) is 19.6 Å². The van der Waals surface area contributed by atoms with Gasteiger partial charge in [0.05, 0.1) is 6.54 Å². The van der Waals surface area contributed by atoms with Crippen LogP contribution >= 0.6 is 15.9 Å². The third-order valence-corrected chi connectivity index (χ3v) is 4.91. The molecule has 1 aliphatic rings. The van der Waals surface area contributed by atoms with Crippen molar-refractivity contribution >= 4 is 21.8 Å². The van der Waals surface area contributed by atoms with Crippen LogP contribution in [0.15, 0.2) is 34.9 Å². The van der Waals surface area contributed by atoms with Gasteiger partial charge in [0.15, 0.2) is 0 Å². The number of carbonyl (C=O) groups is 1. The normalized spacial score (nSPS) is 14.7. The maximum Gasteiger partial charge on any atom is 0.271 e. The summed E-state index contributed by atoms with van der Waals surface area (Å²) in [7, 11) is 0. The number of hydrogen-bond donors (Lipinski definition) is 1. The molecule has 0 fully saturated rings. The molecule has 0 saturated heterocycles. The van der Waals surface area contributed by atoms with Crippen LogP contribution in [-0.4, -0.2) is 33.4 Å². The predicted octanol–water partition coefficient (Wildman–Crippen LogP) is 3.05. The van der Waals surface area contributed by atoms with Crippen LogP contribution in [0.3, 0.4) is 0 Å². The Bertz CT molecular complexity index is 726. The molecule has 1 N–H and O–H groups in total. The smallest absolute Gasteiger partial charge is 0.271 e. The Balaban J connectivity index is 1.63. The first-order chi connectivity index (χ1) is 11.5. The standard InChI is InChI=1S/C18H23BrN4O/c1-13(2)10-22-7-8-23-11-16(21-17(23)12-22)18(24)20-9-14-5-3-4-6-15(14)19/h3-6,11,13H,7-10,12H2,1-2H3,(H,20,24). The van der Waals surface area contributed by atoms with E-state index in [0.717, 1.165) is 42.0 Å². The average molecular weight is 391 g/mol. The number of amides is 1. The minimum absolute atomic E-state index is 0.122. The van der Waals surface area contributed by atoms with Crippen LogP contribution in [0.4, 0.5) is 0 Å². The molecule has 6 heteroatoms. The van der Waals surface area contributed by atoms with E-state index in [4.69, 9.17) is 0 Å². The zero-order chi connectivity index (χ0) is 17.1. The largest absolute Gasteiger partial charge is 0.347 e. The molecule has 3 rings (SSSR count). The van der Waals surface area contributed by atoms with Gasteiger partial charge in [0.1, 0.15) is 11.5 Å². The highest BCUT2D eigenvalue weighted by Crippen LogP contribution is 2.16. The number of rotatable bonds is 5. The lowest BCUT2D eigenvalue weighted by molar-refractivity contribution is 0.0946. The molecular formula is C18H23BrN4O. The van der Waals surface area contributed by atoms with Gasteiger partial charge in [-0.25, -0.2) is 4.98 Å². The lowest BCUT2D eigenvalue weighted by Gasteiger charge is -2.28. The third kappa shape index (κ3) is 4.05. The molecule has 0 aliphatic carbocycles. The molecule has 0 saturated carbocycles. The first-order valence-electron chi connectivity index (χ1n) is 8.33. The number of nitrogens with one attached hydrogen (secondary N) is 1. The summed E-state index contributed by atoms with van der Waals surface area (Å²) in [6, 6.07) is 7.89. The second kappa shape index (κ2) is 7.49. The van der Waals surface area contributed by atoms with Crippen LogP contribution in [0.2, 0.25) is 0 Å². The van der Waals surface area contributed by atoms with Crippen molar-refractivity contribution in [3.63, 3.8) is 0 Å². The van der Waals surface area contributed by atoms with E-state index in [0.29, 0.717) is 18.2 Å². The highest BCUT2D eigenvalue weighted by atomic mass is 79.9. The fraction of sp³-hybridized carbons (Fsp3) is 0.444. The number of benzene rings is 1. The number of hydrogen-bond acceptors (Lipinski definition) is 3. The van der Waals surface area contributed by atoms with Gasteiger partial charge in [-0.1, -0.05) is 48.0 Å². The first kappa shape index (κ1) is 17.2. The highest BCUT2D eigenvalue weighted by Gasteiger charge is 2.21. The van der Waals surface area contributed by atoms with Gasteiger partial charge < -0.3 is 9.88 Å². The molecule has 1 aromatic heterocycles. The summed E-state index contributed by atoms with van der Waals surface area (Å²) in [4.78, 5) is 19.3. The molecule has 2 aromatic rings. The summed E-state index contributed by atoms with van der Waals surface area (Å²) in [6.07, 6.45) is 1.87. The van der Waals surface area contributed by atoms with E-state index in [2.05, 4.69) is 49.5 Å². The van der Waals surface area contributed by atoms with Crippen molar-refractivity contribution in [3.8, 4) is 0 Å². The molecule has 1 aliphatic heterocycles. The van der Waals surface area contributed by atoms with Gasteiger partial charge in [0, 0.05) is 36.8 Å². The van der Waals surface area contributed by atoms with Gasteiger partial charge >= 0.3 is 0 Å². The molecule has 0 bridgehead atoms. The Morgan fingerprint density at radius 1 is 1.33 bits per heavy atom. The third-order valence-electron chi connectivity index (χ3n) is 4.13. The maximum absolute atomic E-state index is 12.4. The van der Waals surface area contributed by atoms with Crippen LogP contribution in [0, 0.1) is 5.92 Å². The fourth-order valence-corrected chi connectivity index (χ4v) is 3.42. The zero-order valence-corrected chi connectivity index (χ0v) is 15.7. The number of aromatic nitrogens is 2. The van der Waals surface area contributed by atoms with E-state index in [1.165, 1.54) is 0 Å². The van der Waals surface area contributed by atoms with Crippen LogP contribution in [0.5, 0.6) is 0 Å². The van der Waals surface area contributed by atoms with Crippen LogP contribution in [0.25, 0.3) is 0 Å². The van der Waals surface area contributed by atoms with E-state index < -0.39 is 0 Å². The SMILES string of the molecule is CC(C)CN1CCn2cc(C(=O)NCc3ccccc3Br)nc2C1. The van der Waals surface area contributed by atoms with Crippen molar-refractivity contribution in [1.29, 1.82) is 0 Å². The molecule has 1 aromatic carbocycles. The summed E-state index contributed by atoms with van der Waals surface area (Å²) >= 11 is 3.50. The van der Waals surface area contributed by atoms with Gasteiger partial charge in [-0.2, -0.15) is 0 Å². The molecule has 1 amide bonds. The van der Waals surface area contributed by atoms with Crippen molar-refractivity contribution in [2.75, 3.05) is 13.1 Å². The molecular weight excluding hydrogens is 368 g/mol. The summed E-state index contributed by atoms with van der Waals surface area (Å²) < 4.78 is 3.10. The predicted molar refractivity (Wildman–Crippen MR) is 97.7 cm³/mol. The highest BCUT2D eigenvalue weighted by molar-refractivity contribution is 9.10. The first-order valence-corrected chi connectivity index (χ1v) is 9.12. The van der Waals surface area contributed by atoms with Crippen molar-refractivity contribution in [2.45, 2.75) is 33.5 Å². The quantitative estimate of drug-likeness (QED) is 0.853. The minimum Gasteiger partial charge on any atom is -0.347 e. The number of halogens is 1. The minimum atomic E-state index is -0.122. The van der Waals surface area contributed by atoms with E-state index in [9.17, 15) is 4.79 Å². The molecule has 24 heavy (non-hydrogen) atoms. The summed E-state index contributed by atoms with van der Waals surface area (Å²) in [5.41, 5.74) is 1.56. The molecule has 0 spiro atoms. The molecule has 128 valence electrons. The van der Waals surface area contributed by atoms with Gasteiger partial charge in [0.2, 0.25) is 0 Å².